The van der Waals surface area contributed by atoms with Crippen LogP contribution in [0.1, 0.15) is 31.7 Å². The van der Waals surface area contributed by atoms with Gasteiger partial charge in [0.1, 0.15) is 10.6 Å². The average molecular weight is 313 g/mol. The highest BCUT2D eigenvalue weighted by atomic mass is 32.2. The predicted octanol–water partition coefficient (Wildman–Crippen LogP) is 2.00. The Hall–Kier alpha value is -1.11. The molecule has 1 aliphatic rings. The van der Waals surface area contributed by atoms with Crippen LogP contribution in [0.4, 0.5) is 0 Å². The number of nitrogens with zero attached hydrogens (tertiary/aromatic N) is 1. The van der Waals surface area contributed by atoms with Crippen molar-refractivity contribution in [1.29, 1.82) is 0 Å². The zero-order chi connectivity index (χ0) is 15.5. The summed E-state index contributed by atoms with van der Waals surface area (Å²) in [5, 5.41) is 9.22. The van der Waals surface area contributed by atoms with Crippen molar-refractivity contribution in [3.63, 3.8) is 0 Å². The Bertz CT molecular complexity index is 577. The van der Waals surface area contributed by atoms with Crippen molar-refractivity contribution >= 4 is 10.0 Å². The molecule has 0 unspecified atom stereocenters. The topological polar surface area (TPSA) is 66.8 Å². The van der Waals surface area contributed by atoms with Gasteiger partial charge in [0, 0.05) is 13.1 Å². The second-order valence-electron chi connectivity index (χ2n) is 5.40. The third-order valence-electron chi connectivity index (χ3n) is 4.18. The summed E-state index contributed by atoms with van der Waals surface area (Å²) < 4.78 is 32.3. The van der Waals surface area contributed by atoms with E-state index in [1.54, 1.807) is 12.1 Å². The average Bonchev–Trinajstić information content (AvgIpc) is 2.54. The number of aliphatic hydroxyl groups is 1. The van der Waals surface area contributed by atoms with Crippen LogP contribution in [0.15, 0.2) is 23.1 Å². The lowest BCUT2D eigenvalue weighted by atomic mass is 9.96. The molecule has 1 saturated heterocycles. The Morgan fingerprint density at radius 3 is 2.52 bits per heavy atom. The molecular weight excluding hydrogens is 290 g/mol. The van der Waals surface area contributed by atoms with Crippen LogP contribution in [0.5, 0.6) is 5.75 Å². The molecular formula is C15H23NO4S. The maximum Gasteiger partial charge on any atom is 0.246 e. The summed E-state index contributed by atoms with van der Waals surface area (Å²) in [6.07, 6.45) is 2.90. The van der Waals surface area contributed by atoms with Gasteiger partial charge < -0.3 is 9.84 Å². The van der Waals surface area contributed by atoms with Gasteiger partial charge in [-0.05, 0) is 36.5 Å². The van der Waals surface area contributed by atoms with E-state index in [4.69, 9.17) is 4.74 Å². The van der Waals surface area contributed by atoms with Crippen molar-refractivity contribution in [2.24, 2.45) is 5.92 Å². The Kier molecular flexibility index (Phi) is 5.24. The van der Waals surface area contributed by atoms with Crippen molar-refractivity contribution in [2.75, 3.05) is 20.2 Å². The molecule has 1 heterocycles. The Morgan fingerprint density at radius 1 is 1.33 bits per heavy atom. The summed E-state index contributed by atoms with van der Waals surface area (Å²) >= 11 is 0. The van der Waals surface area contributed by atoms with Gasteiger partial charge in [-0.3, -0.25) is 0 Å². The fourth-order valence-electron chi connectivity index (χ4n) is 2.72. The molecule has 1 N–H and O–H groups in total. The maximum absolute atomic E-state index is 12.8. The quantitative estimate of drug-likeness (QED) is 0.903. The number of methoxy groups -OCH3 is 1. The number of sulfonamides is 1. The molecule has 0 spiro atoms. The van der Waals surface area contributed by atoms with Crippen LogP contribution in [-0.4, -0.2) is 38.0 Å². The van der Waals surface area contributed by atoms with Gasteiger partial charge in [0.05, 0.1) is 13.7 Å². The molecule has 5 nitrogen and oxygen atoms in total. The molecule has 1 aliphatic heterocycles. The standard InChI is InChI=1S/C15H23NO4S/c1-3-12-6-8-16(9-7-12)21(18,19)15-10-13(11-17)4-5-14(15)20-2/h4-5,10,12,17H,3,6-9,11H2,1-2H3. The molecule has 1 fully saturated rings. The van der Waals surface area contributed by atoms with Crippen molar-refractivity contribution in [3.05, 3.63) is 23.8 Å². The number of ether oxygens (including phenoxy) is 1. The maximum atomic E-state index is 12.8. The molecule has 0 saturated carbocycles. The number of aliphatic hydroxyl groups excluding tert-OH is 1. The van der Waals surface area contributed by atoms with Crippen LogP contribution in [-0.2, 0) is 16.6 Å². The monoisotopic (exact) mass is 313 g/mol. The zero-order valence-corrected chi connectivity index (χ0v) is 13.4. The smallest absolute Gasteiger partial charge is 0.246 e. The van der Waals surface area contributed by atoms with E-state index in [2.05, 4.69) is 6.92 Å². The van der Waals surface area contributed by atoms with Crippen LogP contribution >= 0.6 is 0 Å². The van der Waals surface area contributed by atoms with Crippen LogP contribution in [0.3, 0.4) is 0 Å². The summed E-state index contributed by atoms with van der Waals surface area (Å²) in [6.45, 7) is 3.05. The van der Waals surface area contributed by atoms with Gasteiger partial charge in [0.15, 0.2) is 0 Å². The number of benzene rings is 1. The van der Waals surface area contributed by atoms with Gasteiger partial charge in [-0.2, -0.15) is 4.31 Å². The molecule has 1 aromatic carbocycles. The SMILES string of the molecule is CCC1CCN(S(=O)(=O)c2cc(CO)ccc2OC)CC1. The summed E-state index contributed by atoms with van der Waals surface area (Å²) in [4.78, 5) is 0.145. The van der Waals surface area contributed by atoms with Gasteiger partial charge >= 0.3 is 0 Å². The van der Waals surface area contributed by atoms with Gasteiger partial charge in [-0.25, -0.2) is 8.42 Å². The number of rotatable bonds is 5. The molecule has 0 aromatic heterocycles. The van der Waals surface area contributed by atoms with Crippen LogP contribution < -0.4 is 4.74 Å². The minimum Gasteiger partial charge on any atom is -0.495 e. The molecule has 0 atom stereocenters. The number of piperidine rings is 1. The number of hydrogen-bond acceptors (Lipinski definition) is 4. The van der Waals surface area contributed by atoms with Gasteiger partial charge in [0.25, 0.3) is 0 Å². The summed E-state index contributed by atoms with van der Waals surface area (Å²) in [5.74, 6) is 0.937. The van der Waals surface area contributed by atoms with Crippen LogP contribution in [0, 0.1) is 5.92 Å². The van der Waals surface area contributed by atoms with E-state index in [1.807, 2.05) is 0 Å². The highest BCUT2D eigenvalue weighted by Crippen LogP contribution is 2.31. The molecule has 21 heavy (non-hydrogen) atoms. The fraction of sp³-hybridized carbons (Fsp3) is 0.600. The lowest BCUT2D eigenvalue weighted by molar-refractivity contribution is 0.267. The molecule has 1 aromatic rings. The first-order valence-corrected chi connectivity index (χ1v) is 8.74. The van der Waals surface area contributed by atoms with Crippen molar-refractivity contribution < 1.29 is 18.3 Å². The minimum atomic E-state index is -3.57. The second-order valence-corrected chi connectivity index (χ2v) is 7.31. The molecule has 0 aliphatic carbocycles. The second kappa shape index (κ2) is 6.77. The first kappa shape index (κ1) is 16.3. The van der Waals surface area contributed by atoms with E-state index < -0.39 is 10.0 Å². The molecule has 118 valence electrons. The van der Waals surface area contributed by atoms with Crippen molar-refractivity contribution in [2.45, 2.75) is 37.7 Å². The van der Waals surface area contributed by atoms with E-state index in [0.29, 0.717) is 30.3 Å². The van der Waals surface area contributed by atoms with Gasteiger partial charge in [-0.1, -0.05) is 19.4 Å². The Morgan fingerprint density at radius 2 is 2.00 bits per heavy atom. The van der Waals surface area contributed by atoms with Crippen LogP contribution in [0.2, 0.25) is 0 Å². The van der Waals surface area contributed by atoms with Gasteiger partial charge in [-0.15, -0.1) is 0 Å². The molecule has 2 rings (SSSR count). The molecule has 0 radical (unpaired) electrons. The number of hydrogen-bond donors (Lipinski definition) is 1. The van der Waals surface area contributed by atoms with E-state index in [1.165, 1.54) is 17.5 Å². The zero-order valence-electron chi connectivity index (χ0n) is 12.6. The third kappa shape index (κ3) is 3.39. The largest absolute Gasteiger partial charge is 0.495 e. The van der Waals surface area contributed by atoms with Crippen molar-refractivity contribution in [3.8, 4) is 5.75 Å². The van der Waals surface area contributed by atoms with E-state index in [0.717, 1.165) is 19.3 Å². The predicted molar refractivity (Wildman–Crippen MR) is 80.7 cm³/mol. The molecule has 0 bridgehead atoms. The highest BCUT2D eigenvalue weighted by Gasteiger charge is 2.31. The minimum absolute atomic E-state index is 0.145. The van der Waals surface area contributed by atoms with Crippen molar-refractivity contribution in [1.82, 2.24) is 4.31 Å². The summed E-state index contributed by atoms with van der Waals surface area (Å²) in [6, 6.07) is 4.76. The Balaban J connectivity index is 2.31. The Labute approximate surface area is 126 Å². The van der Waals surface area contributed by atoms with E-state index in [9.17, 15) is 13.5 Å². The first-order valence-electron chi connectivity index (χ1n) is 7.30. The highest BCUT2D eigenvalue weighted by molar-refractivity contribution is 7.89. The molecule has 0 amide bonds. The lowest BCUT2D eigenvalue weighted by Gasteiger charge is -2.31. The first-order chi connectivity index (χ1) is 10.0. The van der Waals surface area contributed by atoms with Gasteiger partial charge in [0.2, 0.25) is 10.0 Å². The normalized spacial score (nSPS) is 17.9. The van der Waals surface area contributed by atoms with Crippen LogP contribution in [0.25, 0.3) is 0 Å². The lowest BCUT2D eigenvalue weighted by Crippen LogP contribution is -2.38. The van der Waals surface area contributed by atoms with E-state index >= 15 is 0 Å². The summed E-state index contributed by atoms with van der Waals surface area (Å²) in [5.41, 5.74) is 0.567. The summed E-state index contributed by atoms with van der Waals surface area (Å²) in [7, 11) is -2.12. The molecule has 6 heteroatoms. The fourth-order valence-corrected chi connectivity index (χ4v) is 4.39. The van der Waals surface area contributed by atoms with E-state index in [-0.39, 0.29) is 11.5 Å². The third-order valence-corrected chi connectivity index (χ3v) is 6.10.